The summed E-state index contributed by atoms with van der Waals surface area (Å²) in [5, 5.41) is 6.39. The molecule has 0 bridgehead atoms. The minimum absolute atomic E-state index is 0.608. The van der Waals surface area contributed by atoms with Crippen molar-refractivity contribution in [1.82, 2.24) is 9.97 Å². The molecule has 1 heterocycles. The maximum Gasteiger partial charge on any atom is 0.224 e. The van der Waals surface area contributed by atoms with Gasteiger partial charge in [-0.3, -0.25) is 0 Å². The highest BCUT2D eigenvalue weighted by molar-refractivity contribution is 9.11. The van der Waals surface area contributed by atoms with E-state index < -0.39 is 0 Å². The van der Waals surface area contributed by atoms with Gasteiger partial charge in [-0.1, -0.05) is 12.1 Å². The number of aromatic nitrogens is 2. The van der Waals surface area contributed by atoms with Gasteiger partial charge in [-0.2, -0.15) is 4.98 Å². The molecule has 0 amide bonds. The number of hydrogen-bond donors (Lipinski definition) is 2. The van der Waals surface area contributed by atoms with Crippen LogP contribution in [-0.4, -0.2) is 16.5 Å². The third-order valence-electron chi connectivity index (χ3n) is 2.52. The number of hydrogen-bond acceptors (Lipinski definition) is 4. The van der Waals surface area contributed by atoms with Gasteiger partial charge in [0.1, 0.15) is 5.82 Å². The summed E-state index contributed by atoms with van der Waals surface area (Å²) in [6, 6.07) is 6.05. The molecule has 2 N–H and O–H groups in total. The smallest absolute Gasteiger partial charge is 0.224 e. The molecule has 0 aliphatic rings. The van der Waals surface area contributed by atoms with E-state index in [9.17, 15) is 0 Å². The second-order valence-corrected chi connectivity index (χ2v) is 5.63. The van der Waals surface area contributed by atoms with Crippen LogP contribution in [0.4, 0.5) is 17.5 Å². The molecule has 0 saturated heterocycles. The molecule has 1 aromatic heterocycles. The topological polar surface area (TPSA) is 49.8 Å². The number of anilines is 3. The molecule has 0 saturated carbocycles. The predicted molar refractivity (Wildman–Crippen MR) is 86.1 cm³/mol. The first-order chi connectivity index (χ1) is 9.11. The SMILES string of the molecule is CCNc1ncc(Br)c(Nc2cccc(C)c2Br)n1. The van der Waals surface area contributed by atoms with Crippen LogP contribution in [-0.2, 0) is 0 Å². The van der Waals surface area contributed by atoms with E-state index in [1.165, 1.54) is 5.56 Å². The Morgan fingerprint density at radius 2 is 2.05 bits per heavy atom. The summed E-state index contributed by atoms with van der Waals surface area (Å²) in [5.41, 5.74) is 2.14. The van der Waals surface area contributed by atoms with E-state index >= 15 is 0 Å². The van der Waals surface area contributed by atoms with E-state index in [2.05, 4.69) is 52.5 Å². The van der Waals surface area contributed by atoms with Gasteiger partial charge in [-0.05, 0) is 57.3 Å². The van der Waals surface area contributed by atoms with Gasteiger partial charge in [0.15, 0.2) is 0 Å². The standard InChI is InChI=1S/C13H14Br2N4/c1-3-16-13-17-7-9(14)12(19-13)18-10-6-4-5-8(2)11(10)15/h4-7H,3H2,1-2H3,(H2,16,17,18,19). The van der Waals surface area contributed by atoms with Gasteiger partial charge in [0.2, 0.25) is 5.95 Å². The first-order valence-electron chi connectivity index (χ1n) is 5.90. The molecule has 0 radical (unpaired) electrons. The van der Waals surface area contributed by atoms with Gasteiger partial charge in [0.05, 0.1) is 10.2 Å². The Morgan fingerprint density at radius 3 is 2.79 bits per heavy atom. The Morgan fingerprint density at radius 1 is 1.26 bits per heavy atom. The van der Waals surface area contributed by atoms with Crippen molar-refractivity contribution in [2.45, 2.75) is 13.8 Å². The van der Waals surface area contributed by atoms with Crippen molar-refractivity contribution >= 4 is 49.3 Å². The van der Waals surface area contributed by atoms with Gasteiger partial charge in [0, 0.05) is 17.2 Å². The van der Waals surface area contributed by atoms with E-state index in [0.717, 1.165) is 27.0 Å². The molecule has 0 unspecified atom stereocenters. The zero-order chi connectivity index (χ0) is 13.8. The molecular formula is C13H14Br2N4. The fraction of sp³-hybridized carbons (Fsp3) is 0.231. The van der Waals surface area contributed by atoms with Crippen molar-refractivity contribution in [3.8, 4) is 0 Å². The molecule has 0 atom stereocenters. The summed E-state index contributed by atoms with van der Waals surface area (Å²) in [4.78, 5) is 8.62. The molecule has 100 valence electrons. The molecule has 1 aromatic carbocycles. The summed E-state index contributed by atoms with van der Waals surface area (Å²) in [7, 11) is 0. The fourth-order valence-electron chi connectivity index (χ4n) is 1.57. The van der Waals surface area contributed by atoms with Crippen LogP contribution in [0.5, 0.6) is 0 Å². The number of nitrogens with one attached hydrogen (secondary N) is 2. The Labute approximate surface area is 129 Å². The van der Waals surface area contributed by atoms with Gasteiger partial charge in [0.25, 0.3) is 0 Å². The lowest BCUT2D eigenvalue weighted by Gasteiger charge is -2.12. The first kappa shape index (κ1) is 14.3. The molecule has 0 aliphatic heterocycles. The van der Waals surface area contributed by atoms with Crippen molar-refractivity contribution in [2.24, 2.45) is 0 Å². The van der Waals surface area contributed by atoms with E-state index in [1.54, 1.807) is 6.20 Å². The van der Waals surface area contributed by atoms with Crippen LogP contribution in [0.15, 0.2) is 33.3 Å². The number of rotatable bonds is 4. The average Bonchev–Trinajstić information content (AvgIpc) is 2.39. The number of benzene rings is 1. The Balaban J connectivity index is 2.32. The van der Waals surface area contributed by atoms with Crippen molar-refractivity contribution in [1.29, 1.82) is 0 Å². The van der Waals surface area contributed by atoms with Crippen molar-refractivity contribution in [3.05, 3.63) is 38.9 Å². The van der Waals surface area contributed by atoms with Crippen molar-refractivity contribution in [3.63, 3.8) is 0 Å². The third-order valence-corrected chi connectivity index (χ3v) is 4.16. The molecule has 6 heteroatoms. The number of aryl methyl sites for hydroxylation is 1. The van der Waals surface area contributed by atoms with Gasteiger partial charge in [-0.25, -0.2) is 4.98 Å². The zero-order valence-corrected chi connectivity index (χ0v) is 13.8. The fourth-order valence-corrected chi connectivity index (χ4v) is 2.22. The van der Waals surface area contributed by atoms with Crippen LogP contribution in [0.25, 0.3) is 0 Å². The summed E-state index contributed by atoms with van der Waals surface area (Å²) in [6.07, 6.45) is 1.73. The lowest BCUT2D eigenvalue weighted by Crippen LogP contribution is -2.04. The second-order valence-electron chi connectivity index (χ2n) is 3.98. The molecule has 0 spiro atoms. The van der Waals surface area contributed by atoms with E-state index in [4.69, 9.17) is 0 Å². The van der Waals surface area contributed by atoms with Gasteiger partial charge < -0.3 is 10.6 Å². The normalized spacial score (nSPS) is 10.3. The maximum absolute atomic E-state index is 4.43. The minimum Gasteiger partial charge on any atom is -0.354 e. The van der Waals surface area contributed by atoms with Crippen LogP contribution in [0.2, 0.25) is 0 Å². The van der Waals surface area contributed by atoms with Crippen molar-refractivity contribution in [2.75, 3.05) is 17.2 Å². The average molecular weight is 386 g/mol. The maximum atomic E-state index is 4.43. The van der Waals surface area contributed by atoms with E-state index in [-0.39, 0.29) is 0 Å². The minimum atomic E-state index is 0.608. The summed E-state index contributed by atoms with van der Waals surface area (Å²) in [6.45, 7) is 4.85. The lowest BCUT2D eigenvalue weighted by atomic mass is 10.2. The highest BCUT2D eigenvalue weighted by Crippen LogP contribution is 2.30. The van der Waals surface area contributed by atoms with Crippen LogP contribution >= 0.6 is 31.9 Å². The summed E-state index contributed by atoms with van der Waals surface area (Å²) < 4.78 is 1.85. The lowest BCUT2D eigenvalue weighted by molar-refractivity contribution is 1.08. The quantitative estimate of drug-likeness (QED) is 0.814. The Kier molecular flexibility index (Phi) is 4.76. The van der Waals surface area contributed by atoms with Gasteiger partial charge in [-0.15, -0.1) is 0 Å². The largest absolute Gasteiger partial charge is 0.354 e. The third kappa shape index (κ3) is 3.45. The predicted octanol–water partition coefficient (Wildman–Crippen LogP) is 4.49. The van der Waals surface area contributed by atoms with Gasteiger partial charge >= 0.3 is 0 Å². The Hall–Kier alpha value is -1.14. The van der Waals surface area contributed by atoms with Crippen molar-refractivity contribution < 1.29 is 0 Å². The Bertz CT molecular complexity index is 587. The summed E-state index contributed by atoms with van der Waals surface area (Å²) in [5.74, 6) is 1.34. The van der Waals surface area contributed by atoms with Crippen LogP contribution in [0.3, 0.4) is 0 Å². The summed E-state index contributed by atoms with van der Waals surface area (Å²) >= 11 is 7.03. The molecule has 0 aliphatic carbocycles. The number of halogens is 2. The molecule has 0 fully saturated rings. The monoisotopic (exact) mass is 384 g/mol. The second kappa shape index (κ2) is 6.34. The molecule has 2 rings (SSSR count). The number of nitrogens with zero attached hydrogens (tertiary/aromatic N) is 2. The van der Waals surface area contributed by atoms with E-state index in [0.29, 0.717) is 5.95 Å². The molecular weight excluding hydrogens is 372 g/mol. The highest BCUT2D eigenvalue weighted by atomic mass is 79.9. The van der Waals surface area contributed by atoms with E-state index in [1.807, 2.05) is 32.0 Å². The zero-order valence-electron chi connectivity index (χ0n) is 10.7. The highest BCUT2D eigenvalue weighted by Gasteiger charge is 2.08. The molecule has 2 aromatic rings. The molecule has 19 heavy (non-hydrogen) atoms. The molecule has 4 nitrogen and oxygen atoms in total. The first-order valence-corrected chi connectivity index (χ1v) is 7.49. The van der Waals surface area contributed by atoms with Crippen LogP contribution < -0.4 is 10.6 Å². The van der Waals surface area contributed by atoms with Crippen LogP contribution in [0.1, 0.15) is 12.5 Å². The van der Waals surface area contributed by atoms with Crippen LogP contribution in [0, 0.1) is 6.92 Å².